The van der Waals surface area contributed by atoms with Crippen LogP contribution in [0, 0.1) is 5.82 Å². The number of rotatable bonds is 1. The van der Waals surface area contributed by atoms with Gasteiger partial charge in [0.2, 0.25) is 11.8 Å². The van der Waals surface area contributed by atoms with E-state index in [4.69, 9.17) is 45.0 Å². The monoisotopic (exact) mass is 327 g/mol. The van der Waals surface area contributed by atoms with Crippen LogP contribution in [0.4, 0.5) is 10.1 Å². The van der Waals surface area contributed by atoms with Crippen LogP contribution in [-0.2, 0) is 16.1 Å². The summed E-state index contributed by atoms with van der Waals surface area (Å²) in [6, 6.07) is 1.95. The molecule has 25 heavy (non-hydrogen) atoms. The van der Waals surface area contributed by atoms with Crippen molar-refractivity contribution in [3.05, 3.63) is 29.1 Å². The van der Waals surface area contributed by atoms with E-state index >= 15 is 0 Å². The number of nitrogens with one attached hydrogen (secondary N) is 1. The number of hydrogen-bond acceptors (Lipinski definition) is 4. The molecule has 10 radical (unpaired) electrons. The van der Waals surface area contributed by atoms with Gasteiger partial charge in [0.05, 0.1) is 36.8 Å². The molecule has 0 bridgehead atoms. The first-order valence-electron chi connectivity index (χ1n) is 7.06. The number of nitrogen functional groups attached to an aromatic ring is 1. The van der Waals surface area contributed by atoms with E-state index in [1.54, 1.807) is 0 Å². The fourth-order valence-electron chi connectivity index (χ4n) is 3.02. The lowest BCUT2D eigenvalue weighted by atomic mass is 9.21. The molecule has 2 aliphatic heterocycles. The zero-order valence-corrected chi connectivity index (χ0v) is 12.9. The van der Waals surface area contributed by atoms with Crippen LogP contribution >= 0.6 is 0 Å². The van der Waals surface area contributed by atoms with E-state index < -0.39 is 39.4 Å². The van der Waals surface area contributed by atoms with Gasteiger partial charge in [-0.2, -0.15) is 0 Å². The number of halogens is 1. The number of carbonyl (C=O) groups excluding carboxylic acids is 3. The Morgan fingerprint density at radius 1 is 1.08 bits per heavy atom. The van der Waals surface area contributed by atoms with Gasteiger partial charge in [-0.1, -0.05) is 5.21 Å². The molecule has 0 saturated carbocycles. The molecule has 1 aromatic rings. The average molecular weight is 326 g/mol. The Labute approximate surface area is 149 Å². The molecule has 1 unspecified atom stereocenters. The summed E-state index contributed by atoms with van der Waals surface area (Å²) in [4.78, 5) is 37.8. The summed E-state index contributed by atoms with van der Waals surface area (Å²) >= 11 is 0. The molecule has 114 valence electrons. The molecule has 2 aliphatic rings. The third-order valence-corrected chi connectivity index (χ3v) is 4.73. The van der Waals surface area contributed by atoms with Crippen LogP contribution in [0.5, 0.6) is 0 Å². The van der Waals surface area contributed by atoms with Gasteiger partial charge in [0.25, 0.3) is 5.91 Å². The Hall–Kier alpha value is -2.12. The van der Waals surface area contributed by atoms with Crippen LogP contribution in [0.3, 0.4) is 0 Å². The van der Waals surface area contributed by atoms with Crippen molar-refractivity contribution in [2.24, 2.45) is 0 Å². The van der Waals surface area contributed by atoms with Gasteiger partial charge >= 0.3 is 0 Å². The summed E-state index contributed by atoms with van der Waals surface area (Å²) in [7, 11) is 29.2. The summed E-state index contributed by atoms with van der Waals surface area (Å²) in [5.41, 5.74) is 3.33. The normalized spacial score (nSPS) is 27.1. The molecule has 0 spiro atoms. The van der Waals surface area contributed by atoms with Crippen molar-refractivity contribution < 1.29 is 18.8 Å². The molecule has 3 rings (SSSR count). The Bertz CT molecular complexity index is 846. The second-order valence-corrected chi connectivity index (χ2v) is 6.20. The van der Waals surface area contributed by atoms with Crippen LogP contribution in [0.25, 0.3) is 0 Å². The highest BCUT2D eigenvalue weighted by atomic mass is 19.1. The smallest absolute Gasteiger partial charge is 0.254 e. The van der Waals surface area contributed by atoms with Gasteiger partial charge < -0.3 is 10.6 Å². The fraction of sp³-hybridized carbons (Fsp3) is 0.308. The second-order valence-electron chi connectivity index (χ2n) is 6.20. The van der Waals surface area contributed by atoms with Gasteiger partial charge in [-0.05, 0) is 17.3 Å². The average Bonchev–Trinajstić information content (AvgIpc) is 2.82. The molecule has 0 aromatic heterocycles. The second kappa shape index (κ2) is 4.96. The van der Waals surface area contributed by atoms with Crippen LogP contribution in [0.15, 0.2) is 12.1 Å². The van der Waals surface area contributed by atoms with Gasteiger partial charge in [-0.25, -0.2) is 4.39 Å². The van der Waals surface area contributed by atoms with Crippen molar-refractivity contribution in [2.75, 3.05) is 5.73 Å². The highest BCUT2D eigenvalue weighted by Gasteiger charge is 2.63. The van der Waals surface area contributed by atoms with E-state index in [0.717, 1.165) is 17.0 Å². The minimum absolute atomic E-state index is 0.0202. The van der Waals surface area contributed by atoms with Crippen molar-refractivity contribution in [2.45, 2.75) is 22.4 Å². The number of carbonyl (C=O) groups is 3. The molecule has 2 heterocycles. The largest absolute Gasteiger partial charge is 0.398 e. The highest BCUT2D eigenvalue weighted by Crippen LogP contribution is 2.55. The summed E-state index contributed by atoms with van der Waals surface area (Å²) in [5, 5.41) is -3.15. The molecule has 0 aliphatic carbocycles. The first-order chi connectivity index (χ1) is 11.4. The van der Waals surface area contributed by atoms with Gasteiger partial charge in [-0.3, -0.25) is 19.7 Å². The molecule has 1 aromatic carbocycles. The summed E-state index contributed by atoms with van der Waals surface area (Å²) < 4.78 is 13.6. The van der Waals surface area contributed by atoms with Crippen molar-refractivity contribution in [3.63, 3.8) is 0 Å². The summed E-state index contributed by atoms with van der Waals surface area (Å²) in [5.74, 6) is -3.93. The van der Waals surface area contributed by atoms with Crippen LogP contribution in [-0.4, -0.2) is 67.3 Å². The number of nitrogens with two attached hydrogens (primary N) is 1. The maximum Gasteiger partial charge on any atom is 0.254 e. The fourth-order valence-corrected chi connectivity index (χ4v) is 3.02. The van der Waals surface area contributed by atoms with Crippen LogP contribution in [0.1, 0.15) is 15.9 Å². The predicted octanol–water partition coefficient (Wildman–Crippen LogP) is -2.21. The third-order valence-electron chi connectivity index (χ3n) is 4.73. The van der Waals surface area contributed by atoms with Crippen molar-refractivity contribution in [1.82, 2.24) is 10.2 Å². The Morgan fingerprint density at radius 2 is 1.68 bits per heavy atom. The zero-order chi connectivity index (χ0) is 18.9. The quantitative estimate of drug-likeness (QED) is 0.348. The molecule has 1 fully saturated rings. The predicted molar refractivity (Wildman–Crippen MR) is 90.7 cm³/mol. The number of anilines is 1. The lowest BCUT2D eigenvalue weighted by molar-refractivity contribution is -0.140. The molecule has 12 heteroatoms. The highest BCUT2D eigenvalue weighted by molar-refractivity contribution is 6.66. The van der Waals surface area contributed by atoms with E-state index in [2.05, 4.69) is 0 Å². The molecule has 6 nitrogen and oxygen atoms in total. The first kappa shape index (κ1) is 17.7. The van der Waals surface area contributed by atoms with Crippen molar-refractivity contribution >= 4 is 62.6 Å². The number of amides is 3. The lowest BCUT2D eigenvalue weighted by Gasteiger charge is -2.60. The molecule has 3 amide bonds. The van der Waals surface area contributed by atoms with Crippen LogP contribution in [0.2, 0.25) is 10.4 Å². The number of imide groups is 1. The van der Waals surface area contributed by atoms with Gasteiger partial charge in [0, 0.05) is 23.4 Å². The molecule has 3 N–H and O–H groups in total. The Kier molecular flexibility index (Phi) is 3.51. The first-order valence-corrected chi connectivity index (χ1v) is 7.06. The lowest BCUT2D eigenvalue weighted by Crippen LogP contribution is -2.75. The van der Waals surface area contributed by atoms with Gasteiger partial charge in [-0.15, -0.1) is 0 Å². The Morgan fingerprint density at radius 3 is 2.28 bits per heavy atom. The van der Waals surface area contributed by atoms with E-state index in [1.807, 2.05) is 5.32 Å². The maximum atomic E-state index is 13.6. The minimum Gasteiger partial charge on any atom is -0.398 e. The zero-order valence-electron chi connectivity index (χ0n) is 12.9. The third kappa shape index (κ3) is 1.99. The minimum atomic E-state index is -2.54. The number of nitrogens with zero attached hydrogens (tertiary/aromatic N) is 1. The van der Waals surface area contributed by atoms with Gasteiger partial charge in [0.1, 0.15) is 13.7 Å². The number of hydrogen-bond donors (Lipinski definition) is 2. The summed E-state index contributed by atoms with van der Waals surface area (Å²) in [6.07, 6.45) is 0. The molecule has 1 saturated heterocycles. The van der Waals surface area contributed by atoms with Crippen LogP contribution < -0.4 is 11.1 Å². The maximum absolute atomic E-state index is 13.6. The number of piperidine rings is 1. The molecular formula is C13H7B5FN3O3. The van der Waals surface area contributed by atoms with E-state index in [-0.39, 0.29) is 23.4 Å². The number of benzene rings is 1. The number of fused-ring (bicyclic) bond motifs is 1. The SMILES string of the molecule is [B]C1([B])C(=O)NC(=O)C([B])(N2Cc3c(N)cc(F)cc3C2=O)C1([B])[B]. The topological polar surface area (TPSA) is 92.5 Å². The Balaban J connectivity index is 2.16. The standard InChI is InChI=1S/C13H7B5FN3O3/c14-11(15)9(24)21-10(25)12(16,13(11,17)18)22-3-6-5(8(22)23)1-4(19)2-7(6)20/h1-2H,3,20H2,(H,21,24,25). The summed E-state index contributed by atoms with van der Waals surface area (Å²) in [6.45, 7) is -0.301. The van der Waals surface area contributed by atoms with E-state index in [1.165, 1.54) is 0 Å². The van der Waals surface area contributed by atoms with Gasteiger partial charge in [0.15, 0.2) is 0 Å². The van der Waals surface area contributed by atoms with E-state index in [9.17, 15) is 18.8 Å². The molecular weight excluding hydrogens is 319 g/mol. The van der Waals surface area contributed by atoms with Crippen molar-refractivity contribution in [1.29, 1.82) is 0 Å². The molecule has 1 atom stereocenters. The van der Waals surface area contributed by atoms with Crippen molar-refractivity contribution in [3.8, 4) is 0 Å². The van der Waals surface area contributed by atoms with E-state index in [0.29, 0.717) is 0 Å².